The summed E-state index contributed by atoms with van der Waals surface area (Å²) in [6.07, 6.45) is -0.976. The third kappa shape index (κ3) is 15.5. The number of hydrogen-bond acceptors (Lipinski definition) is 12. The maximum atomic E-state index is 13.6. The highest BCUT2D eigenvalue weighted by atomic mass is 19.2. The zero-order valence-electron chi connectivity index (χ0n) is 31.9. The Kier molecular flexibility index (Phi) is 21.3. The summed E-state index contributed by atoms with van der Waals surface area (Å²) >= 11 is 0. The van der Waals surface area contributed by atoms with Gasteiger partial charge in [-0.25, -0.2) is 18.0 Å². The van der Waals surface area contributed by atoms with E-state index in [0.717, 1.165) is 11.1 Å². The first kappa shape index (κ1) is 46.4. The molecule has 320 valence electrons. The van der Waals surface area contributed by atoms with Gasteiger partial charge in [0.2, 0.25) is 34.8 Å². The van der Waals surface area contributed by atoms with E-state index < -0.39 is 53.3 Å². The lowest BCUT2D eigenvalue weighted by atomic mass is 9.98. The number of rotatable bonds is 30. The quantitative estimate of drug-likeness (QED) is 0.0232. The Hall–Kier alpha value is -4.27. The van der Waals surface area contributed by atoms with Gasteiger partial charge < -0.3 is 52.7 Å². The number of carbonyl (C=O) groups is 2. The molecule has 58 heavy (non-hydrogen) atoms. The molecule has 13 nitrogen and oxygen atoms in total. The number of esters is 1. The summed E-state index contributed by atoms with van der Waals surface area (Å²) in [7, 11) is 0. The highest BCUT2D eigenvalue weighted by Gasteiger charge is 2.30. The number of ether oxygens (including phenoxy) is 10. The molecule has 0 heterocycles. The van der Waals surface area contributed by atoms with E-state index in [1.807, 2.05) is 24.3 Å². The third-order valence-electron chi connectivity index (χ3n) is 8.30. The monoisotopic (exact) mass is 829 g/mol. The second-order valence-electron chi connectivity index (χ2n) is 12.3. The number of carbonyl (C=O) groups excluding carboxylic acids is 2. The molecule has 0 fully saturated rings. The second-order valence-corrected chi connectivity index (χ2v) is 12.3. The molecule has 0 spiro atoms. The number of nitrogens with one attached hydrogen (secondary N) is 1. The van der Waals surface area contributed by atoms with Crippen molar-refractivity contribution in [3.05, 3.63) is 88.7 Å². The first-order valence-corrected chi connectivity index (χ1v) is 18.7. The number of benzene rings is 3. The zero-order chi connectivity index (χ0) is 41.4. The Morgan fingerprint density at radius 1 is 0.483 bits per heavy atom. The topological polar surface area (TPSA) is 138 Å². The van der Waals surface area contributed by atoms with E-state index in [1.54, 1.807) is 0 Å². The standard InChI is InChI=1S/C40H48F5NO12/c41-34-35(42)37(44)39(38(45)36(34)43)58-33(47)9-11-49-13-15-51-17-19-53-21-23-55-25-26-56-24-22-54-20-18-52-16-14-50-12-10-46-40(48)57-27-32-30-7-3-1-5-28(30)29-6-2-4-8-31(29)32/h1-8,32H,9-27H2,(H,46,48). The van der Waals surface area contributed by atoms with E-state index in [-0.39, 0.29) is 39.0 Å². The van der Waals surface area contributed by atoms with Gasteiger partial charge in [-0.15, -0.1) is 0 Å². The van der Waals surface area contributed by atoms with Gasteiger partial charge in [0.15, 0.2) is 0 Å². The van der Waals surface area contributed by atoms with Gasteiger partial charge in [-0.1, -0.05) is 48.5 Å². The largest absolute Gasteiger partial charge is 0.449 e. The maximum absolute atomic E-state index is 13.6. The van der Waals surface area contributed by atoms with Crippen molar-refractivity contribution in [2.75, 3.05) is 119 Å². The van der Waals surface area contributed by atoms with Crippen molar-refractivity contribution in [2.45, 2.75) is 12.3 Å². The average Bonchev–Trinajstić information content (AvgIpc) is 3.56. The fourth-order valence-corrected chi connectivity index (χ4v) is 5.51. The lowest BCUT2D eigenvalue weighted by Gasteiger charge is -2.14. The molecule has 3 aromatic carbocycles. The minimum Gasteiger partial charge on any atom is -0.449 e. The Labute approximate surface area is 332 Å². The number of amides is 1. The van der Waals surface area contributed by atoms with E-state index in [0.29, 0.717) is 85.8 Å². The summed E-state index contributed by atoms with van der Waals surface area (Å²) in [5.41, 5.74) is 4.68. The fraction of sp³-hybridized carbons (Fsp3) is 0.500. The molecule has 1 amide bonds. The summed E-state index contributed by atoms with van der Waals surface area (Å²) < 4.78 is 119. The van der Waals surface area contributed by atoms with Crippen LogP contribution in [0.2, 0.25) is 0 Å². The van der Waals surface area contributed by atoms with Gasteiger partial charge in [-0.2, -0.15) is 8.78 Å². The Balaban J connectivity index is 0.824. The van der Waals surface area contributed by atoms with Crippen LogP contribution in [0.3, 0.4) is 0 Å². The molecule has 0 aromatic heterocycles. The van der Waals surface area contributed by atoms with Crippen molar-refractivity contribution in [3.63, 3.8) is 0 Å². The van der Waals surface area contributed by atoms with E-state index in [2.05, 4.69) is 34.3 Å². The van der Waals surface area contributed by atoms with Crippen molar-refractivity contribution in [1.82, 2.24) is 5.32 Å². The van der Waals surface area contributed by atoms with Crippen LogP contribution in [0.15, 0.2) is 48.5 Å². The molecule has 0 bridgehead atoms. The lowest BCUT2D eigenvalue weighted by Crippen LogP contribution is -2.29. The highest BCUT2D eigenvalue weighted by molar-refractivity contribution is 5.79. The van der Waals surface area contributed by atoms with E-state index in [9.17, 15) is 31.5 Å². The summed E-state index contributed by atoms with van der Waals surface area (Å²) in [6, 6.07) is 16.4. The van der Waals surface area contributed by atoms with Crippen LogP contribution in [0.5, 0.6) is 5.75 Å². The van der Waals surface area contributed by atoms with Crippen molar-refractivity contribution < 1.29 is 78.9 Å². The van der Waals surface area contributed by atoms with Crippen molar-refractivity contribution in [1.29, 1.82) is 0 Å². The molecule has 3 aromatic rings. The summed E-state index contributed by atoms with van der Waals surface area (Å²) in [6.45, 7) is 5.37. The first-order chi connectivity index (χ1) is 28.3. The van der Waals surface area contributed by atoms with Gasteiger partial charge in [0.25, 0.3) is 0 Å². The van der Waals surface area contributed by atoms with Crippen molar-refractivity contribution >= 4 is 12.1 Å². The van der Waals surface area contributed by atoms with E-state index >= 15 is 0 Å². The summed E-state index contributed by atoms with van der Waals surface area (Å²) in [5.74, 6) is -14.2. The van der Waals surface area contributed by atoms with Crippen LogP contribution in [0.4, 0.5) is 26.7 Å². The normalized spacial score (nSPS) is 12.1. The van der Waals surface area contributed by atoms with Gasteiger partial charge in [-0.05, 0) is 22.3 Å². The average molecular weight is 830 g/mol. The van der Waals surface area contributed by atoms with Crippen LogP contribution in [-0.4, -0.2) is 131 Å². The molecule has 1 aliphatic rings. The Morgan fingerprint density at radius 3 is 1.28 bits per heavy atom. The summed E-state index contributed by atoms with van der Waals surface area (Å²) in [5, 5.41) is 2.71. The van der Waals surface area contributed by atoms with Crippen molar-refractivity contribution in [2.24, 2.45) is 0 Å². The van der Waals surface area contributed by atoms with Gasteiger partial charge in [-0.3, -0.25) is 4.79 Å². The van der Waals surface area contributed by atoms with E-state index in [1.165, 1.54) is 11.1 Å². The SMILES string of the molecule is O=C(CCOCCOCCOCCOCCOCCOCCOCCOCCNC(=O)OCC1c2ccccc2-c2ccccc21)Oc1c(F)c(F)c(F)c(F)c1F. The maximum Gasteiger partial charge on any atom is 0.407 e. The molecule has 0 aliphatic heterocycles. The van der Waals surface area contributed by atoms with Crippen LogP contribution in [0.1, 0.15) is 23.5 Å². The molecule has 0 radical (unpaired) electrons. The second kappa shape index (κ2) is 26.7. The van der Waals surface area contributed by atoms with Crippen LogP contribution in [0, 0.1) is 29.1 Å². The Morgan fingerprint density at radius 2 is 0.845 bits per heavy atom. The van der Waals surface area contributed by atoms with Gasteiger partial charge in [0, 0.05) is 12.5 Å². The minimum absolute atomic E-state index is 0.0102. The minimum atomic E-state index is -2.35. The first-order valence-electron chi connectivity index (χ1n) is 18.7. The lowest BCUT2D eigenvalue weighted by molar-refractivity contribution is -0.136. The van der Waals surface area contributed by atoms with Crippen molar-refractivity contribution in [3.8, 4) is 16.9 Å². The van der Waals surface area contributed by atoms with Crippen LogP contribution >= 0.6 is 0 Å². The van der Waals surface area contributed by atoms with E-state index in [4.69, 9.17) is 42.6 Å². The molecule has 4 rings (SSSR count). The molecular formula is C40H48F5NO12. The fourth-order valence-electron chi connectivity index (χ4n) is 5.51. The number of hydrogen-bond donors (Lipinski definition) is 1. The number of fused-ring (bicyclic) bond motifs is 3. The smallest absolute Gasteiger partial charge is 0.407 e. The molecule has 1 N–H and O–H groups in total. The molecular weight excluding hydrogens is 781 g/mol. The number of halogens is 5. The van der Waals surface area contributed by atoms with Gasteiger partial charge in [0.1, 0.15) is 6.61 Å². The molecule has 0 atom stereocenters. The molecule has 1 aliphatic carbocycles. The predicted octanol–water partition coefficient (Wildman–Crippen LogP) is 5.35. The van der Waals surface area contributed by atoms with Crippen LogP contribution < -0.4 is 10.1 Å². The highest BCUT2D eigenvalue weighted by Crippen LogP contribution is 2.44. The van der Waals surface area contributed by atoms with Crippen LogP contribution in [-0.2, 0) is 47.4 Å². The van der Waals surface area contributed by atoms with Gasteiger partial charge >= 0.3 is 12.1 Å². The van der Waals surface area contributed by atoms with Gasteiger partial charge in [0.05, 0.1) is 112 Å². The predicted molar refractivity (Wildman–Crippen MR) is 196 cm³/mol. The zero-order valence-corrected chi connectivity index (χ0v) is 31.9. The molecule has 0 unspecified atom stereocenters. The summed E-state index contributed by atoms with van der Waals surface area (Å²) in [4.78, 5) is 23.9. The molecule has 18 heteroatoms. The Bertz CT molecular complexity index is 1630. The number of alkyl carbamates (subject to hydrolysis) is 1. The third-order valence-corrected chi connectivity index (χ3v) is 8.30. The molecule has 0 saturated heterocycles. The van der Waals surface area contributed by atoms with Crippen LogP contribution in [0.25, 0.3) is 11.1 Å². The molecule has 0 saturated carbocycles.